The smallest absolute Gasteiger partial charge is 0.231 e. The molecule has 16 heavy (non-hydrogen) atoms. The number of nitrogens with zero attached hydrogens (tertiary/aromatic N) is 2. The Hall–Kier alpha value is -0.640. The zero-order chi connectivity index (χ0) is 11.4. The second-order valence-corrected chi connectivity index (χ2v) is 5.21. The van der Waals surface area contributed by atoms with Crippen molar-refractivity contribution in [2.24, 2.45) is 5.92 Å². The lowest BCUT2D eigenvalue weighted by molar-refractivity contribution is 0.116. The zero-order valence-electron chi connectivity index (χ0n) is 9.53. The lowest BCUT2D eigenvalue weighted by Gasteiger charge is -2.28. The molecule has 0 aliphatic heterocycles. The summed E-state index contributed by atoms with van der Waals surface area (Å²) in [5.74, 6) is 1.50. The van der Waals surface area contributed by atoms with Gasteiger partial charge in [0.1, 0.15) is 12.4 Å². The number of aromatic nitrogens is 2. The molecule has 1 heterocycles. The summed E-state index contributed by atoms with van der Waals surface area (Å²) in [4.78, 5) is 8.07. The van der Waals surface area contributed by atoms with E-state index in [0.717, 1.165) is 23.2 Å². The molecule has 0 spiro atoms. The third-order valence-electron chi connectivity index (χ3n) is 3.22. The van der Waals surface area contributed by atoms with Crippen LogP contribution in [0.4, 0.5) is 0 Å². The third kappa shape index (κ3) is 2.94. The quantitative estimate of drug-likeness (QED) is 0.851. The molecule has 0 saturated heterocycles. The summed E-state index contributed by atoms with van der Waals surface area (Å²) in [6, 6.07) is 0. The van der Waals surface area contributed by atoms with Crippen LogP contribution in [-0.2, 0) is 0 Å². The van der Waals surface area contributed by atoms with Crippen LogP contribution in [0, 0.1) is 5.92 Å². The molecule has 1 aromatic rings. The normalized spacial score (nSPS) is 25.4. The van der Waals surface area contributed by atoms with Crippen molar-refractivity contribution >= 4 is 15.9 Å². The van der Waals surface area contributed by atoms with Crippen LogP contribution in [-0.4, -0.2) is 16.1 Å². The van der Waals surface area contributed by atoms with Gasteiger partial charge < -0.3 is 4.74 Å². The molecule has 3 nitrogen and oxygen atoms in total. The number of rotatable bonds is 3. The largest absolute Gasteiger partial charge is 0.473 e. The Kier molecular flexibility index (Phi) is 4.16. The monoisotopic (exact) mass is 284 g/mol. The average molecular weight is 285 g/mol. The zero-order valence-corrected chi connectivity index (χ0v) is 11.1. The summed E-state index contributed by atoms with van der Waals surface area (Å²) >= 11 is 3.41. The van der Waals surface area contributed by atoms with E-state index in [-0.39, 0.29) is 0 Å². The fourth-order valence-corrected chi connectivity index (χ4v) is 2.58. The molecular weight excluding hydrogens is 268 g/mol. The van der Waals surface area contributed by atoms with E-state index < -0.39 is 0 Å². The SMILES string of the molecule is CCC1CCCC(Oc2ncncc2Br)C1. The van der Waals surface area contributed by atoms with Gasteiger partial charge in [-0.3, -0.25) is 0 Å². The van der Waals surface area contributed by atoms with Crippen molar-refractivity contribution in [1.82, 2.24) is 9.97 Å². The summed E-state index contributed by atoms with van der Waals surface area (Å²) in [5.41, 5.74) is 0. The number of hydrogen-bond donors (Lipinski definition) is 0. The van der Waals surface area contributed by atoms with Crippen molar-refractivity contribution in [2.45, 2.75) is 45.1 Å². The molecule has 0 radical (unpaired) electrons. The molecule has 0 amide bonds. The second-order valence-electron chi connectivity index (χ2n) is 4.36. The molecule has 2 unspecified atom stereocenters. The lowest BCUT2D eigenvalue weighted by atomic mass is 9.85. The average Bonchev–Trinajstić information content (AvgIpc) is 2.32. The molecule has 2 rings (SSSR count). The summed E-state index contributed by atoms with van der Waals surface area (Å²) in [6.45, 7) is 2.26. The molecule has 1 aromatic heterocycles. The molecule has 1 aliphatic rings. The van der Waals surface area contributed by atoms with E-state index in [1.807, 2.05) is 0 Å². The third-order valence-corrected chi connectivity index (χ3v) is 3.77. The van der Waals surface area contributed by atoms with Gasteiger partial charge in [-0.1, -0.05) is 19.8 Å². The highest BCUT2D eigenvalue weighted by Gasteiger charge is 2.22. The number of ether oxygens (including phenoxy) is 1. The van der Waals surface area contributed by atoms with Gasteiger partial charge in [0.25, 0.3) is 0 Å². The first kappa shape index (κ1) is 11.8. The van der Waals surface area contributed by atoms with Crippen LogP contribution in [0.2, 0.25) is 0 Å². The Morgan fingerprint density at radius 3 is 3.12 bits per heavy atom. The summed E-state index contributed by atoms with van der Waals surface area (Å²) in [7, 11) is 0. The van der Waals surface area contributed by atoms with Gasteiger partial charge in [-0.05, 0) is 41.1 Å². The Bertz CT molecular complexity index is 346. The van der Waals surface area contributed by atoms with E-state index in [1.165, 1.54) is 25.6 Å². The molecule has 0 bridgehead atoms. The van der Waals surface area contributed by atoms with Crippen LogP contribution in [0.15, 0.2) is 17.0 Å². The van der Waals surface area contributed by atoms with Crippen LogP contribution < -0.4 is 4.74 Å². The van der Waals surface area contributed by atoms with E-state index in [0.29, 0.717) is 12.0 Å². The molecule has 1 fully saturated rings. The Balaban J connectivity index is 1.97. The lowest BCUT2D eigenvalue weighted by Crippen LogP contribution is -2.25. The van der Waals surface area contributed by atoms with Crippen LogP contribution in [0.25, 0.3) is 0 Å². The highest BCUT2D eigenvalue weighted by molar-refractivity contribution is 9.10. The van der Waals surface area contributed by atoms with E-state index in [2.05, 4.69) is 32.8 Å². The predicted molar refractivity (Wildman–Crippen MR) is 66.4 cm³/mol. The minimum Gasteiger partial charge on any atom is -0.473 e. The van der Waals surface area contributed by atoms with E-state index in [9.17, 15) is 0 Å². The number of hydrogen-bond acceptors (Lipinski definition) is 3. The van der Waals surface area contributed by atoms with Crippen LogP contribution in [0.5, 0.6) is 5.88 Å². The van der Waals surface area contributed by atoms with Gasteiger partial charge in [-0.25, -0.2) is 9.97 Å². The molecule has 1 saturated carbocycles. The summed E-state index contributed by atoms with van der Waals surface area (Å²) in [6.07, 6.45) is 9.76. The van der Waals surface area contributed by atoms with Crippen molar-refractivity contribution in [1.29, 1.82) is 0 Å². The molecule has 0 aromatic carbocycles. The molecule has 1 aliphatic carbocycles. The second kappa shape index (κ2) is 5.62. The van der Waals surface area contributed by atoms with E-state index in [1.54, 1.807) is 6.20 Å². The highest BCUT2D eigenvalue weighted by atomic mass is 79.9. The maximum absolute atomic E-state index is 5.92. The molecular formula is C12H17BrN2O. The van der Waals surface area contributed by atoms with Crippen LogP contribution in [0.3, 0.4) is 0 Å². The predicted octanol–water partition coefficient (Wildman–Crippen LogP) is 3.59. The van der Waals surface area contributed by atoms with Crippen molar-refractivity contribution in [3.8, 4) is 5.88 Å². The van der Waals surface area contributed by atoms with Crippen LogP contribution in [0.1, 0.15) is 39.0 Å². The van der Waals surface area contributed by atoms with Crippen molar-refractivity contribution < 1.29 is 4.74 Å². The Morgan fingerprint density at radius 1 is 1.50 bits per heavy atom. The highest BCUT2D eigenvalue weighted by Crippen LogP contribution is 2.30. The van der Waals surface area contributed by atoms with Gasteiger partial charge in [0.15, 0.2) is 0 Å². The van der Waals surface area contributed by atoms with Crippen molar-refractivity contribution in [3.63, 3.8) is 0 Å². The fraction of sp³-hybridized carbons (Fsp3) is 0.667. The minimum absolute atomic E-state index is 0.324. The number of halogens is 1. The van der Waals surface area contributed by atoms with Crippen molar-refractivity contribution in [2.75, 3.05) is 0 Å². The summed E-state index contributed by atoms with van der Waals surface area (Å²) in [5, 5.41) is 0. The van der Waals surface area contributed by atoms with Crippen LogP contribution >= 0.6 is 15.9 Å². The van der Waals surface area contributed by atoms with E-state index in [4.69, 9.17) is 4.74 Å². The van der Waals surface area contributed by atoms with Gasteiger partial charge >= 0.3 is 0 Å². The molecule has 0 N–H and O–H groups in total. The van der Waals surface area contributed by atoms with Crippen molar-refractivity contribution in [3.05, 3.63) is 17.0 Å². The summed E-state index contributed by atoms with van der Waals surface area (Å²) < 4.78 is 6.76. The fourth-order valence-electron chi connectivity index (χ4n) is 2.27. The molecule has 2 atom stereocenters. The van der Waals surface area contributed by atoms with E-state index >= 15 is 0 Å². The Morgan fingerprint density at radius 2 is 2.38 bits per heavy atom. The van der Waals surface area contributed by atoms with Gasteiger partial charge in [0.2, 0.25) is 5.88 Å². The first-order chi connectivity index (χ1) is 7.79. The standard InChI is InChI=1S/C12H17BrN2O/c1-2-9-4-3-5-10(6-9)16-12-11(13)7-14-8-15-12/h7-10H,2-6H2,1H3. The molecule has 4 heteroatoms. The molecule has 88 valence electrons. The maximum atomic E-state index is 5.92. The van der Waals surface area contributed by atoms with Gasteiger partial charge in [0, 0.05) is 6.20 Å². The minimum atomic E-state index is 0.324. The Labute approximate surface area is 105 Å². The van der Waals surface area contributed by atoms with Gasteiger partial charge in [-0.2, -0.15) is 0 Å². The van der Waals surface area contributed by atoms with Gasteiger partial charge in [-0.15, -0.1) is 0 Å². The van der Waals surface area contributed by atoms with Gasteiger partial charge in [0.05, 0.1) is 4.47 Å². The first-order valence-electron chi connectivity index (χ1n) is 5.91. The first-order valence-corrected chi connectivity index (χ1v) is 6.71. The topological polar surface area (TPSA) is 35.0 Å². The maximum Gasteiger partial charge on any atom is 0.231 e.